The maximum atomic E-state index is 12.0. The van der Waals surface area contributed by atoms with Crippen LogP contribution in [0.5, 0.6) is 0 Å². The molecule has 17 heavy (non-hydrogen) atoms. The molecule has 1 aromatic carbocycles. The van der Waals surface area contributed by atoms with Crippen molar-refractivity contribution in [2.24, 2.45) is 0 Å². The quantitative estimate of drug-likeness (QED) is 0.681. The van der Waals surface area contributed by atoms with E-state index in [0.29, 0.717) is 14.6 Å². The lowest BCUT2D eigenvalue weighted by Crippen LogP contribution is -2.35. The van der Waals surface area contributed by atoms with Gasteiger partial charge in [0.2, 0.25) is 10.0 Å². The molecule has 0 heterocycles. The van der Waals surface area contributed by atoms with Gasteiger partial charge in [-0.3, -0.25) is 0 Å². The lowest BCUT2D eigenvalue weighted by atomic mass is 10.3. The number of rotatable bonds is 4. The van der Waals surface area contributed by atoms with E-state index in [1.54, 1.807) is 6.92 Å². The van der Waals surface area contributed by atoms with Crippen LogP contribution >= 0.6 is 31.9 Å². The summed E-state index contributed by atoms with van der Waals surface area (Å²) in [5.74, 6) is 0. The highest BCUT2D eigenvalue weighted by Gasteiger charge is 2.23. The lowest BCUT2D eigenvalue weighted by molar-refractivity contribution is 0.265. The van der Waals surface area contributed by atoms with Gasteiger partial charge >= 0.3 is 0 Å². The van der Waals surface area contributed by atoms with Crippen LogP contribution in [-0.2, 0) is 10.0 Å². The number of hydrogen-bond donors (Lipinski definition) is 3. The summed E-state index contributed by atoms with van der Waals surface area (Å²) < 4.78 is 27.1. The van der Waals surface area contributed by atoms with Crippen LogP contribution in [0.1, 0.15) is 6.92 Å². The predicted octanol–water partition coefficient (Wildman–Crippen LogP) is 1.45. The van der Waals surface area contributed by atoms with Crippen LogP contribution in [0.3, 0.4) is 0 Å². The Morgan fingerprint density at radius 1 is 1.41 bits per heavy atom. The molecule has 4 N–H and O–H groups in total. The Labute approximate surface area is 117 Å². The molecule has 1 atom stereocenters. The van der Waals surface area contributed by atoms with Crippen LogP contribution < -0.4 is 10.5 Å². The molecule has 0 unspecified atom stereocenters. The van der Waals surface area contributed by atoms with E-state index in [2.05, 4.69) is 36.6 Å². The van der Waals surface area contributed by atoms with Gasteiger partial charge in [0.25, 0.3) is 0 Å². The second-order valence-corrected chi connectivity index (χ2v) is 6.88. The minimum atomic E-state index is -3.71. The number of halogens is 2. The van der Waals surface area contributed by atoms with E-state index >= 15 is 0 Å². The maximum Gasteiger partial charge on any atom is 0.243 e. The fourth-order valence-electron chi connectivity index (χ4n) is 1.20. The van der Waals surface area contributed by atoms with Crippen molar-refractivity contribution in [3.63, 3.8) is 0 Å². The number of nitrogens with two attached hydrogens (primary N) is 1. The number of aliphatic hydroxyl groups is 1. The monoisotopic (exact) mass is 386 g/mol. The summed E-state index contributed by atoms with van der Waals surface area (Å²) in [5, 5.41) is 8.86. The summed E-state index contributed by atoms with van der Waals surface area (Å²) in [7, 11) is -3.71. The van der Waals surface area contributed by atoms with E-state index < -0.39 is 16.1 Å². The summed E-state index contributed by atoms with van der Waals surface area (Å²) in [6, 6.07) is 2.45. The number of anilines is 1. The zero-order valence-corrected chi connectivity index (χ0v) is 12.9. The summed E-state index contributed by atoms with van der Waals surface area (Å²) in [6.07, 6.45) is 0. The van der Waals surface area contributed by atoms with Gasteiger partial charge in [0.15, 0.2) is 0 Å². The first-order valence-electron chi connectivity index (χ1n) is 4.65. The molecule has 0 amide bonds. The fourth-order valence-corrected chi connectivity index (χ4v) is 5.05. The van der Waals surface area contributed by atoms with E-state index in [0.717, 1.165) is 0 Å². The Morgan fingerprint density at radius 2 is 1.88 bits per heavy atom. The van der Waals surface area contributed by atoms with Crippen molar-refractivity contribution in [2.45, 2.75) is 17.9 Å². The van der Waals surface area contributed by atoms with Gasteiger partial charge in [0, 0.05) is 20.7 Å². The minimum Gasteiger partial charge on any atom is -0.399 e. The molecule has 1 aromatic rings. The van der Waals surface area contributed by atoms with Gasteiger partial charge in [0.1, 0.15) is 4.90 Å². The standard InChI is InChI=1S/C9H12Br2N2O3S/c1-5(4-14)13-17(15,16)9-7(10)2-6(12)3-8(9)11/h2-3,5,13-14H,4,12H2,1H3/t5-/m1/s1. The molecular formula is C9H12Br2N2O3S. The largest absolute Gasteiger partial charge is 0.399 e. The SMILES string of the molecule is C[C@H](CO)NS(=O)(=O)c1c(Br)cc(N)cc1Br. The van der Waals surface area contributed by atoms with Gasteiger partial charge in [-0.2, -0.15) is 0 Å². The minimum absolute atomic E-state index is 0.0620. The van der Waals surface area contributed by atoms with Crippen LogP contribution in [-0.4, -0.2) is 26.2 Å². The molecule has 8 heteroatoms. The first-order valence-corrected chi connectivity index (χ1v) is 7.72. The Bertz CT molecular complexity index is 496. The molecule has 0 aliphatic carbocycles. The Kier molecular flexibility index (Phi) is 4.96. The van der Waals surface area contributed by atoms with Crippen LogP contribution in [0, 0.1) is 0 Å². The molecule has 5 nitrogen and oxygen atoms in total. The van der Waals surface area contributed by atoms with Gasteiger partial charge in [0.05, 0.1) is 6.61 Å². The first kappa shape index (κ1) is 14.9. The summed E-state index contributed by atoms with van der Waals surface area (Å²) in [6.45, 7) is 1.29. The van der Waals surface area contributed by atoms with Gasteiger partial charge in [-0.05, 0) is 50.9 Å². The fraction of sp³-hybridized carbons (Fsp3) is 0.333. The topological polar surface area (TPSA) is 92.4 Å². The number of nitrogen functional groups attached to an aromatic ring is 1. The smallest absolute Gasteiger partial charge is 0.243 e. The molecule has 0 saturated carbocycles. The highest BCUT2D eigenvalue weighted by molar-refractivity contribution is 9.11. The number of benzene rings is 1. The normalized spacial score (nSPS) is 13.6. The van der Waals surface area contributed by atoms with Crippen molar-refractivity contribution in [2.75, 3.05) is 12.3 Å². The third-order valence-electron chi connectivity index (χ3n) is 1.92. The van der Waals surface area contributed by atoms with E-state index in [1.807, 2.05) is 0 Å². The zero-order chi connectivity index (χ0) is 13.2. The average molecular weight is 388 g/mol. The van der Waals surface area contributed by atoms with E-state index in [4.69, 9.17) is 10.8 Å². The molecule has 1 rings (SSSR count). The number of nitrogens with one attached hydrogen (secondary N) is 1. The predicted molar refractivity (Wildman–Crippen MR) is 73.1 cm³/mol. The van der Waals surface area contributed by atoms with Crippen molar-refractivity contribution < 1.29 is 13.5 Å². The second-order valence-electron chi connectivity index (χ2n) is 3.52. The van der Waals surface area contributed by atoms with Crippen LogP contribution in [0.25, 0.3) is 0 Å². The molecule has 0 saturated heterocycles. The van der Waals surface area contributed by atoms with Gasteiger partial charge < -0.3 is 10.8 Å². The lowest BCUT2D eigenvalue weighted by Gasteiger charge is -2.14. The summed E-state index contributed by atoms with van der Waals surface area (Å²) >= 11 is 6.31. The highest BCUT2D eigenvalue weighted by atomic mass is 79.9. The third kappa shape index (κ3) is 3.65. The second kappa shape index (κ2) is 5.66. The highest BCUT2D eigenvalue weighted by Crippen LogP contribution is 2.32. The zero-order valence-electron chi connectivity index (χ0n) is 8.94. The molecule has 0 aliphatic heterocycles. The summed E-state index contributed by atoms with van der Waals surface area (Å²) in [5.41, 5.74) is 6.03. The number of aliphatic hydroxyl groups excluding tert-OH is 1. The van der Waals surface area contributed by atoms with Crippen LogP contribution in [0.2, 0.25) is 0 Å². The molecule has 0 spiro atoms. The molecule has 0 aliphatic rings. The van der Waals surface area contributed by atoms with E-state index in [1.165, 1.54) is 12.1 Å². The molecular weight excluding hydrogens is 376 g/mol. The third-order valence-corrected chi connectivity index (χ3v) is 5.39. The van der Waals surface area contributed by atoms with Gasteiger partial charge in [-0.25, -0.2) is 13.1 Å². The Morgan fingerprint density at radius 3 is 2.29 bits per heavy atom. The van der Waals surface area contributed by atoms with Crippen molar-refractivity contribution >= 4 is 47.6 Å². The van der Waals surface area contributed by atoms with Crippen LogP contribution in [0.15, 0.2) is 26.0 Å². The van der Waals surface area contributed by atoms with Crippen molar-refractivity contribution in [3.8, 4) is 0 Å². The van der Waals surface area contributed by atoms with Gasteiger partial charge in [-0.15, -0.1) is 0 Å². The molecule has 96 valence electrons. The summed E-state index contributed by atoms with van der Waals surface area (Å²) in [4.78, 5) is 0.0620. The van der Waals surface area contributed by atoms with Crippen molar-refractivity contribution in [3.05, 3.63) is 21.1 Å². The molecule has 0 aromatic heterocycles. The number of hydrogen-bond acceptors (Lipinski definition) is 4. The first-order chi connectivity index (χ1) is 7.77. The molecule has 0 fully saturated rings. The van der Waals surface area contributed by atoms with Crippen molar-refractivity contribution in [1.82, 2.24) is 4.72 Å². The van der Waals surface area contributed by atoms with Crippen LogP contribution in [0.4, 0.5) is 5.69 Å². The Balaban J connectivity index is 3.25. The molecule has 0 bridgehead atoms. The Hall–Kier alpha value is -0.150. The average Bonchev–Trinajstić information content (AvgIpc) is 2.14. The van der Waals surface area contributed by atoms with Crippen molar-refractivity contribution in [1.29, 1.82) is 0 Å². The number of sulfonamides is 1. The maximum absolute atomic E-state index is 12.0. The molecule has 0 radical (unpaired) electrons. The van der Waals surface area contributed by atoms with E-state index in [9.17, 15) is 8.42 Å². The van der Waals surface area contributed by atoms with E-state index in [-0.39, 0.29) is 11.5 Å². The van der Waals surface area contributed by atoms with Gasteiger partial charge in [-0.1, -0.05) is 0 Å².